The molecule has 1 aromatic heterocycles. The van der Waals surface area contributed by atoms with Crippen molar-refractivity contribution in [2.75, 3.05) is 14.2 Å². The van der Waals surface area contributed by atoms with Crippen molar-refractivity contribution in [3.8, 4) is 0 Å². The molecule has 1 unspecified atom stereocenters. The van der Waals surface area contributed by atoms with Crippen molar-refractivity contribution in [1.82, 2.24) is 15.1 Å². The minimum Gasteiger partial charge on any atom is -0.378 e. The minimum atomic E-state index is 0.0654. The summed E-state index contributed by atoms with van der Waals surface area (Å²) in [5, 5.41) is 7.80. The molecule has 1 N–H and O–H groups in total. The van der Waals surface area contributed by atoms with E-state index in [1.165, 1.54) is 25.0 Å². The van der Waals surface area contributed by atoms with Crippen LogP contribution in [0.5, 0.6) is 0 Å². The third-order valence-corrected chi connectivity index (χ3v) is 4.70. The van der Waals surface area contributed by atoms with E-state index in [4.69, 9.17) is 4.74 Å². The summed E-state index contributed by atoms with van der Waals surface area (Å²) < 4.78 is 8.86. The van der Waals surface area contributed by atoms with Gasteiger partial charge in [-0.15, -0.1) is 0 Å². The average Bonchev–Trinajstić information content (AvgIpc) is 2.71. The molecule has 4 nitrogen and oxygen atoms in total. The summed E-state index contributed by atoms with van der Waals surface area (Å²) in [6, 6.07) is 0.280. The molecule has 1 heterocycles. The fraction of sp³-hybridized carbons (Fsp3) is 0.769. The number of aromatic nitrogens is 2. The maximum Gasteiger partial charge on any atom is 0.0697 e. The number of rotatable bonds is 6. The first-order valence-electron chi connectivity index (χ1n) is 6.59. The minimum absolute atomic E-state index is 0.0654. The topological polar surface area (TPSA) is 39.1 Å². The van der Waals surface area contributed by atoms with Crippen LogP contribution < -0.4 is 5.32 Å². The summed E-state index contributed by atoms with van der Waals surface area (Å²) in [6.07, 6.45) is 6.49. The highest BCUT2D eigenvalue weighted by Gasteiger charge is 2.40. The normalized spacial score (nSPS) is 19.6. The van der Waals surface area contributed by atoms with Crippen LogP contribution in [0, 0.1) is 0 Å². The van der Waals surface area contributed by atoms with Gasteiger partial charge in [-0.05, 0) is 55.6 Å². The smallest absolute Gasteiger partial charge is 0.0697 e. The van der Waals surface area contributed by atoms with Gasteiger partial charge in [0.05, 0.1) is 28.0 Å². The van der Waals surface area contributed by atoms with Crippen LogP contribution >= 0.6 is 15.9 Å². The lowest BCUT2D eigenvalue weighted by Crippen LogP contribution is -2.42. The molecule has 2 rings (SSSR count). The Kier molecular flexibility index (Phi) is 4.45. The van der Waals surface area contributed by atoms with Crippen LogP contribution in [-0.2, 0) is 11.3 Å². The van der Waals surface area contributed by atoms with E-state index in [-0.39, 0.29) is 11.6 Å². The molecule has 1 atom stereocenters. The second-order valence-electron chi connectivity index (χ2n) is 4.98. The van der Waals surface area contributed by atoms with Crippen LogP contribution in [0.1, 0.15) is 44.3 Å². The monoisotopic (exact) mass is 315 g/mol. The molecule has 1 aromatic rings. The molecule has 5 heteroatoms. The molecule has 1 aliphatic rings. The molecular weight excluding hydrogens is 294 g/mol. The van der Waals surface area contributed by atoms with Crippen molar-refractivity contribution in [2.45, 2.75) is 50.8 Å². The number of ether oxygens (including phenoxy) is 1. The zero-order valence-corrected chi connectivity index (χ0v) is 13.0. The van der Waals surface area contributed by atoms with Gasteiger partial charge in [0.2, 0.25) is 0 Å². The second-order valence-corrected chi connectivity index (χ2v) is 5.83. The molecule has 18 heavy (non-hydrogen) atoms. The van der Waals surface area contributed by atoms with Crippen molar-refractivity contribution in [1.29, 1.82) is 0 Å². The lowest BCUT2D eigenvalue weighted by molar-refractivity contribution is -0.0839. The summed E-state index contributed by atoms with van der Waals surface area (Å²) >= 11 is 3.60. The Labute approximate surface area is 117 Å². The van der Waals surface area contributed by atoms with Crippen LogP contribution in [0.2, 0.25) is 0 Å². The molecule has 1 fully saturated rings. The molecule has 0 spiro atoms. The van der Waals surface area contributed by atoms with Gasteiger partial charge in [-0.1, -0.05) is 0 Å². The van der Waals surface area contributed by atoms with E-state index in [2.05, 4.69) is 33.3 Å². The SMILES string of the molecule is CCn1ncc(Br)c1C(CC1(OC)CCC1)NC. The first-order chi connectivity index (χ1) is 8.65. The van der Waals surface area contributed by atoms with Crippen molar-refractivity contribution in [3.63, 3.8) is 0 Å². The first kappa shape index (κ1) is 14.0. The van der Waals surface area contributed by atoms with Crippen LogP contribution in [-0.4, -0.2) is 29.5 Å². The number of methoxy groups -OCH3 is 1. The molecule has 0 saturated heterocycles. The zero-order valence-electron chi connectivity index (χ0n) is 11.4. The van der Waals surface area contributed by atoms with Crippen LogP contribution in [0.3, 0.4) is 0 Å². The maximum atomic E-state index is 5.73. The summed E-state index contributed by atoms with van der Waals surface area (Å²) in [7, 11) is 3.84. The molecule has 1 saturated carbocycles. The van der Waals surface area contributed by atoms with Gasteiger partial charge in [0, 0.05) is 13.7 Å². The number of halogens is 1. The third-order valence-electron chi connectivity index (χ3n) is 4.09. The number of hydrogen-bond acceptors (Lipinski definition) is 3. The van der Waals surface area contributed by atoms with Gasteiger partial charge in [0.15, 0.2) is 0 Å². The van der Waals surface area contributed by atoms with Gasteiger partial charge in [-0.2, -0.15) is 5.10 Å². The lowest BCUT2D eigenvalue weighted by atomic mass is 9.75. The van der Waals surface area contributed by atoms with Crippen molar-refractivity contribution in [3.05, 3.63) is 16.4 Å². The van der Waals surface area contributed by atoms with Gasteiger partial charge in [0.1, 0.15) is 0 Å². The molecule has 1 aliphatic carbocycles. The Morgan fingerprint density at radius 2 is 2.33 bits per heavy atom. The van der Waals surface area contributed by atoms with E-state index >= 15 is 0 Å². The number of hydrogen-bond donors (Lipinski definition) is 1. The standard InChI is InChI=1S/C13H22BrN3O/c1-4-17-12(10(14)9-16-17)11(15-2)8-13(18-3)6-5-7-13/h9,11,15H,4-8H2,1-3H3. The van der Waals surface area contributed by atoms with Gasteiger partial charge >= 0.3 is 0 Å². The van der Waals surface area contributed by atoms with E-state index in [1.54, 1.807) is 0 Å². The van der Waals surface area contributed by atoms with Crippen molar-refractivity contribution < 1.29 is 4.74 Å². The summed E-state index contributed by atoms with van der Waals surface area (Å²) in [4.78, 5) is 0. The van der Waals surface area contributed by atoms with Gasteiger partial charge in [-0.25, -0.2) is 0 Å². The quantitative estimate of drug-likeness (QED) is 0.877. The highest BCUT2D eigenvalue weighted by Crippen LogP contribution is 2.42. The largest absolute Gasteiger partial charge is 0.378 e. The van der Waals surface area contributed by atoms with Crippen LogP contribution in [0.15, 0.2) is 10.7 Å². The van der Waals surface area contributed by atoms with E-state index in [0.29, 0.717) is 0 Å². The Hall–Kier alpha value is -0.390. The highest BCUT2D eigenvalue weighted by molar-refractivity contribution is 9.10. The number of aryl methyl sites for hydroxylation is 1. The van der Waals surface area contributed by atoms with Gasteiger partial charge < -0.3 is 10.1 Å². The van der Waals surface area contributed by atoms with Crippen LogP contribution in [0.4, 0.5) is 0 Å². The Morgan fingerprint density at radius 3 is 2.78 bits per heavy atom. The molecule has 0 aromatic carbocycles. The van der Waals surface area contributed by atoms with Gasteiger partial charge in [0.25, 0.3) is 0 Å². The third kappa shape index (κ3) is 2.49. The molecule has 102 valence electrons. The molecule has 0 amide bonds. The predicted octanol–water partition coefficient (Wildman–Crippen LogP) is 2.89. The highest BCUT2D eigenvalue weighted by atomic mass is 79.9. The van der Waals surface area contributed by atoms with Crippen molar-refractivity contribution in [2.24, 2.45) is 0 Å². The Bertz CT molecular complexity index is 395. The predicted molar refractivity (Wildman–Crippen MR) is 75.6 cm³/mol. The summed E-state index contributed by atoms with van der Waals surface area (Å²) in [5.41, 5.74) is 1.29. The second kappa shape index (κ2) is 5.72. The molecular formula is C13H22BrN3O. The average molecular weight is 316 g/mol. The first-order valence-corrected chi connectivity index (χ1v) is 7.38. The summed E-state index contributed by atoms with van der Waals surface area (Å²) in [5.74, 6) is 0. The zero-order chi connectivity index (χ0) is 13.2. The summed E-state index contributed by atoms with van der Waals surface area (Å²) in [6.45, 7) is 3.00. The Balaban J connectivity index is 2.19. The van der Waals surface area contributed by atoms with Crippen molar-refractivity contribution >= 4 is 15.9 Å². The molecule has 0 radical (unpaired) electrons. The Morgan fingerprint density at radius 1 is 1.61 bits per heavy atom. The fourth-order valence-electron chi connectivity index (χ4n) is 2.74. The number of nitrogens with zero attached hydrogens (tertiary/aromatic N) is 2. The molecule has 0 bridgehead atoms. The fourth-order valence-corrected chi connectivity index (χ4v) is 3.31. The number of nitrogens with one attached hydrogen (secondary N) is 1. The van der Waals surface area contributed by atoms with E-state index in [1.807, 2.05) is 25.0 Å². The maximum absolute atomic E-state index is 5.73. The van der Waals surface area contributed by atoms with Gasteiger partial charge in [-0.3, -0.25) is 4.68 Å². The lowest BCUT2D eigenvalue weighted by Gasteiger charge is -2.42. The molecule has 0 aliphatic heterocycles. The van der Waals surface area contributed by atoms with Crippen LogP contribution in [0.25, 0.3) is 0 Å². The van der Waals surface area contributed by atoms with E-state index in [0.717, 1.165) is 17.4 Å². The van der Waals surface area contributed by atoms with E-state index in [9.17, 15) is 0 Å². The van der Waals surface area contributed by atoms with E-state index < -0.39 is 0 Å².